The molecule has 1 saturated carbocycles. The van der Waals surface area contributed by atoms with Gasteiger partial charge in [-0.3, -0.25) is 4.79 Å². The standard InChI is InChI=1S/C15H27NO2/c1-3-12-7-5-8-13(11-12)18-14(17)15(4-2)9-6-10-16-15/h12-13,16H,3-11H2,1-2H3. The molecule has 1 saturated heterocycles. The molecule has 18 heavy (non-hydrogen) atoms. The molecule has 2 aliphatic rings. The highest BCUT2D eigenvalue weighted by atomic mass is 16.5. The Balaban J connectivity index is 1.90. The summed E-state index contributed by atoms with van der Waals surface area (Å²) in [6.45, 7) is 5.27. The second-order valence-electron chi connectivity index (χ2n) is 5.93. The van der Waals surface area contributed by atoms with Crippen LogP contribution in [0.1, 0.15) is 65.2 Å². The van der Waals surface area contributed by atoms with Crippen molar-refractivity contribution in [3.05, 3.63) is 0 Å². The lowest BCUT2D eigenvalue weighted by Crippen LogP contribution is -2.49. The quantitative estimate of drug-likeness (QED) is 0.783. The van der Waals surface area contributed by atoms with Gasteiger partial charge < -0.3 is 10.1 Å². The minimum absolute atomic E-state index is 0.00394. The van der Waals surface area contributed by atoms with Gasteiger partial charge in [-0.15, -0.1) is 0 Å². The van der Waals surface area contributed by atoms with Crippen LogP contribution in [0.15, 0.2) is 0 Å². The van der Waals surface area contributed by atoms with Gasteiger partial charge in [0.25, 0.3) is 0 Å². The van der Waals surface area contributed by atoms with Crippen LogP contribution in [0, 0.1) is 5.92 Å². The van der Waals surface area contributed by atoms with E-state index in [1.807, 2.05) is 0 Å². The van der Waals surface area contributed by atoms with Gasteiger partial charge in [0, 0.05) is 0 Å². The molecule has 1 N–H and O–H groups in total. The van der Waals surface area contributed by atoms with Crippen molar-refractivity contribution in [3.63, 3.8) is 0 Å². The fraction of sp³-hybridized carbons (Fsp3) is 0.933. The molecule has 3 heteroatoms. The van der Waals surface area contributed by atoms with Crippen molar-refractivity contribution in [3.8, 4) is 0 Å². The zero-order valence-electron chi connectivity index (χ0n) is 11.8. The molecule has 0 radical (unpaired) electrons. The molecule has 1 aliphatic heterocycles. The minimum atomic E-state index is -0.376. The SMILES string of the molecule is CCC1CCCC(OC(=O)C2(CC)CCCN2)C1. The molecule has 1 aliphatic carbocycles. The maximum Gasteiger partial charge on any atom is 0.326 e. The Bertz CT molecular complexity index is 284. The first kappa shape index (κ1) is 13.9. The van der Waals surface area contributed by atoms with E-state index in [0.29, 0.717) is 0 Å². The summed E-state index contributed by atoms with van der Waals surface area (Å²) in [7, 11) is 0. The smallest absolute Gasteiger partial charge is 0.326 e. The van der Waals surface area contributed by atoms with Gasteiger partial charge in [-0.25, -0.2) is 0 Å². The number of nitrogens with one attached hydrogen (secondary N) is 1. The van der Waals surface area contributed by atoms with Crippen LogP contribution >= 0.6 is 0 Å². The van der Waals surface area contributed by atoms with Crippen LogP contribution in [0.3, 0.4) is 0 Å². The molecule has 2 rings (SSSR count). The zero-order valence-corrected chi connectivity index (χ0v) is 11.8. The van der Waals surface area contributed by atoms with Crippen LogP contribution < -0.4 is 5.32 Å². The van der Waals surface area contributed by atoms with Crippen LogP contribution in [0.2, 0.25) is 0 Å². The summed E-state index contributed by atoms with van der Waals surface area (Å²) in [6.07, 6.45) is 8.90. The number of esters is 1. The number of carbonyl (C=O) groups excluding carboxylic acids is 1. The summed E-state index contributed by atoms with van der Waals surface area (Å²) < 4.78 is 5.80. The van der Waals surface area contributed by atoms with Crippen molar-refractivity contribution in [2.24, 2.45) is 5.92 Å². The molecule has 3 nitrogen and oxygen atoms in total. The largest absolute Gasteiger partial charge is 0.461 e. The van der Waals surface area contributed by atoms with E-state index in [0.717, 1.165) is 44.6 Å². The van der Waals surface area contributed by atoms with E-state index in [-0.39, 0.29) is 17.6 Å². The minimum Gasteiger partial charge on any atom is -0.461 e. The zero-order chi connectivity index (χ0) is 13.0. The van der Waals surface area contributed by atoms with E-state index < -0.39 is 0 Å². The van der Waals surface area contributed by atoms with Gasteiger partial charge in [0.2, 0.25) is 0 Å². The number of rotatable bonds is 4. The maximum atomic E-state index is 12.4. The van der Waals surface area contributed by atoms with E-state index >= 15 is 0 Å². The van der Waals surface area contributed by atoms with Crippen LogP contribution in [0.5, 0.6) is 0 Å². The summed E-state index contributed by atoms with van der Waals surface area (Å²) in [6, 6.07) is 0. The first-order valence-electron chi connectivity index (χ1n) is 7.66. The van der Waals surface area contributed by atoms with Crippen LogP contribution in [-0.4, -0.2) is 24.2 Å². The Morgan fingerprint density at radius 3 is 2.78 bits per heavy atom. The summed E-state index contributed by atoms with van der Waals surface area (Å²) in [4.78, 5) is 12.4. The molecule has 2 fully saturated rings. The van der Waals surface area contributed by atoms with Crippen molar-refractivity contribution in [1.82, 2.24) is 5.32 Å². The number of ether oxygens (including phenoxy) is 1. The summed E-state index contributed by atoms with van der Waals surface area (Å²) in [5.41, 5.74) is -0.376. The molecule has 0 spiro atoms. The Labute approximate surface area is 111 Å². The van der Waals surface area contributed by atoms with Gasteiger partial charge in [-0.05, 0) is 51.0 Å². The Morgan fingerprint density at radius 1 is 1.33 bits per heavy atom. The number of carbonyl (C=O) groups is 1. The molecule has 0 aromatic carbocycles. The molecule has 0 aromatic rings. The van der Waals surface area contributed by atoms with E-state index in [1.54, 1.807) is 0 Å². The predicted molar refractivity (Wildman–Crippen MR) is 72.4 cm³/mol. The van der Waals surface area contributed by atoms with Crippen molar-refractivity contribution < 1.29 is 9.53 Å². The predicted octanol–water partition coefficient (Wildman–Crippen LogP) is 3.03. The van der Waals surface area contributed by atoms with Gasteiger partial charge in [-0.2, -0.15) is 0 Å². The Morgan fingerprint density at radius 2 is 2.17 bits per heavy atom. The normalized spacial score (nSPS) is 36.6. The highest BCUT2D eigenvalue weighted by Crippen LogP contribution is 2.31. The third-order valence-corrected chi connectivity index (χ3v) is 4.82. The van der Waals surface area contributed by atoms with Crippen molar-refractivity contribution in [2.75, 3.05) is 6.54 Å². The second-order valence-corrected chi connectivity index (χ2v) is 5.93. The number of hydrogen-bond acceptors (Lipinski definition) is 3. The van der Waals surface area contributed by atoms with Gasteiger partial charge >= 0.3 is 5.97 Å². The average Bonchev–Trinajstić information content (AvgIpc) is 2.89. The molecule has 1 heterocycles. The first-order chi connectivity index (χ1) is 8.70. The molecule has 0 bridgehead atoms. The molecule has 0 aromatic heterocycles. The van der Waals surface area contributed by atoms with Crippen LogP contribution in [-0.2, 0) is 9.53 Å². The Kier molecular flexibility index (Phi) is 4.66. The number of hydrogen-bond donors (Lipinski definition) is 1. The first-order valence-corrected chi connectivity index (χ1v) is 7.66. The average molecular weight is 253 g/mol. The van der Waals surface area contributed by atoms with E-state index in [4.69, 9.17) is 4.74 Å². The highest BCUT2D eigenvalue weighted by Gasteiger charge is 2.42. The third kappa shape index (κ3) is 2.87. The molecule has 104 valence electrons. The highest BCUT2D eigenvalue weighted by molar-refractivity contribution is 5.81. The molecular formula is C15H27NO2. The van der Waals surface area contributed by atoms with Gasteiger partial charge in [0.15, 0.2) is 0 Å². The van der Waals surface area contributed by atoms with E-state index in [1.165, 1.54) is 19.3 Å². The summed E-state index contributed by atoms with van der Waals surface area (Å²) in [5.74, 6) is 0.759. The van der Waals surface area contributed by atoms with Gasteiger partial charge in [0.05, 0.1) is 0 Å². The molecular weight excluding hydrogens is 226 g/mol. The Hall–Kier alpha value is -0.570. The third-order valence-electron chi connectivity index (χ3n) is 4.82. The second kappa shape index (κ2) is 6.05. The van der Waals surface area contributed by atoms with Crippen molar-refractivity contribution in [2.45, 2.75) is 76.9 Å². The van der Waals surface area contributed by atoms with Crippen LogP contribution in [0.4, 0.5) is 0 Å². The monoisotopic (exact) mass is 253 g/mol. The lowest BCUT2D eigenvalue weighted by atomic mass is 9.85. The molecule has 3 unspecified atom stereocenters. The molecule has 3 atom stereocenters. The lowest BCUT2D eigenvalue weighted by molar-refractivity contribution is -0.159. The van der Waals surface area contributed by atoms with E-state index in [9.17, 15) is 4.79 Å². The van der Waals surface area contributed by atoms with Gasteiger partial charge in [0.1, 0.15) is 11.6 Å². The van der Waals surface area contributed by atoms with Crippen molar-refractivity contribution >= 4 is 5.97 Å². The topological polar surface area (TPSA) is 38.3 Å². The maximum absolute atomic E-state index is 12.4. The summed E-state index contributed by atoms with van der Waals surface area (Å²) >= 11 is 0. The fourth-order valence-corrected chi connectivity index (χ4v) is 3.41. The van der Waals surface area contributed by atoms with Crippen molar-refractivity contribution in [1.29, 1.82) is 0 Å². The van der Waals surface area contributed by atoms with Crippen LogP contribution in [0.25, 0.3) is 0 Å². The molecule has 0 amide bonds. The lowest BCUT2D eigenvalue weighted by Gasteiger charge is -2.32. The summed E-state index contributed by atoms with van der Waals surface area (Å²) in [5, 5.41) is 3.36. The van der Waals surface area contributed by atoms with Gasteiger partial charge in [-0.1, -0.05) is 26.7 Å². The fourth-order valence-electron chi connectivity index (χ4n) is 3.41. The van der Waals surface area contributed by atoms with E-state index in [2.05, 4.69) is 19.2 Å².